The van der Waals surface area contributed by atoms with Crippen LogP contribution in [0.3, 0.4) is 0 Å². The van der Waals surface area contributed by atoms with E-state index >= 15 is 0 Å². The molecule has 1 fully saturated rings. The van der Waals surface area contributed by atoms with Gasteiger partial charge < -0.3 is 10.6 Å². The Morgan fingerprint density at radius 1 is 1.21 bits per heavy atom. The number of amides is 2. The van der Waals surface area contributed by atoms with Crippen molar-refractivity contribution in [2.45, 2.75) is 33.2 Å². The molecule has 0 aliphatic heterocycles. The molecule has 3 atom stereocenters. The van der Waals surface area contributed by atoms with Crippen molar-refractivity contribution < 1.29 is 9.59 Å². The topological polar surface area (TPSA) is 58.2 Å². The summed E-state index contributed by atoms with van der Waals surface area (Å²) < 4.78 is 0. The van der Waals surface area contributed by atoms with Crippen LogP contribution in [0.15, 0.2) is 0 Å². The van der Waals surface area contributed by atoms with E-state index in [-0.39, 0.29) is 40.9 Å². The second-order valence-electron chi connectivity index (χ2n) is 5.94. The summed E-state index contributed by atoms with van der Waals surface area (Å²) >= 11 is 11.0. The van der Waals surface area contributed by atoms with E-state index in [0.717, 1.165) is 6.42 Å². The molecule has 4 nitrogen and oxygen atoms in total. The van der Waals surface area contributed by atoms with Gasteiger partial charge in [0.05, 0.1) is 0 Å². The third-order valence-corrected chi connectivity index (χ3v) is 4.47. The van der Waals surface area contributed by atoms with Crippen molar-refractivity contribution in [3.63, 3.8) is 0 Å². The predicted molar refractivity (Wildman–Crippen MR) is 77.4 cm³/mol. The molecule has 0 aromatic carbocycles. The number of halogens is 2. The fraction of sp³-hybridized carbons (Fsp3) is 0.846. The van der Waals surface area contributed by atoms with Crippen molar-refractivity contribution in [1.29, 1.82) is 0 Å². The molecule has 0 saturated heterocycles. The monoisotopic (exact) mass is 308 g/mol. The summed E-state index contributed by atoms with van der Waals surface area (Å²) in [6.07, 6.45) is 1.00. The molecule has 19 heavy (non-hydrogen) atoms. The van der Waals surface area contributed by atoms with Crippen LogP contribution in [0.25, 0.3) is 0 Å². The molecule has 1 aliphatic rings. The molecule has 1 rings (SSSR count). The van der Waals surface area contributed by atoms with Gasteiger partial charge in [-0.05, 0) is 17.8 Å². The van der Waals surface area contributed by atoms with Crippen LogP contribution < -0.4 is 10.6 Å². The van der Waals surface area contributed by atoms with E-state index in [1.807, 2.05) is 0 Å². The van der Waals surface area contributed by atoms with Gasteiger partial charge in [0.25, 0.3) is 0 Å². The number of nitrogens with one attached hydrogen (secondary N) is 2. The van der Waals surface area contributed by atoms with Gasteiger partial charge in [-0.25, -0.2) is 0 Å². The van der Waals surface area contributed by atoms with E-state index in [9.17, 15) is 9.59 Å². The maximum Gasteiger partial charge on any atom is 0.235 e. The van der Waals surface area contributed by atoms with Crippen molar-refractivity contribution in [3.05, 3.63) is 0 Å². The van der Waals surface area contributed by atoms with Crippen molar-refractivity contribution in [1.82, 2.24) is 10.6 Å². The van der Waals surface area contributed by atoms with Crippen LogP contribution in [0.1, 0.15) is 27.2 Å². The van der Waals surface area contributed by atoms with E-state index in [1.165, 1.54) is 0 Å². The summed E-state index contributed by atoms with van der Waals surface area (Å²) in [5, 5.41) is 5.79. The molecular formula is C13H22Cl2N2O2. The number of hydrogen-bond donors (Lipinski definition) is 2. The van der Waals surface area contributed by atoms with Gasteiger partial charge in [0, 0.05) is 18.5 Å². The highest BCUT2D eigenvalue weighted by molar-refractivity contribution is 6.27. The SMILES string of the molecule is C[C@@H]1CC(C)(C)[C@H](CNC(=O)CCl)[C@H]1NC(=O)CCl. The van der Waals surface area contributed by atoms with Crippen LogP contribution in [-0.4, -0.2) is 36.2 Å². The minimum atomic E-state index is -0.181. The zero-order valence-electron chi connectivity index (χ0n) is 11.6. The van der Waals surface area contributed by atoms with Gasteiger partial charge in [0.1, 0.15) is 11.8 Å². The standard InChI is InChI=1S/C13H22Cl2N2O2/c1-8-4-13(2,3)9(7-16-10(18)5-14)12(8)17-11(19)6-15/h8-9,12H,4-7H2,1-3H3,(H,16,18)(H,17,19)/t8-,9-,12+/m1/s1. The smallest absolute Gasteiger partial charge is 0.235 e. The predicted octanol–water partition coefficient (Wildman–Crippen LogP) is 1.75. The number of carbonyl (C=O) groups is 2. The van der Waals surface area contributed by atoms with Gasteiger partial charge in [0.15, 0.2) is 0 Å². The maximum atomic E-state index is 11.5. The van der Waals surface area contributed by atoms with Crippen LogP contribution in [0.4, 0.5) is 0 Å². The van der Waals surface area contributed by atoms with Gasteiger partial charge in [0.2, 0.25) is 11.8 Å². The Labute approximate surface area is 124 Å². The number of alkyl halides is 2. The first kappa shape index (κ1) is 16.6. The summed E-state index contributed by atoms with van der Waals surface area (Å²) in [7, 11) is 0. The van der Waals surface area contributed by atoms with Gasteiger partial charge >= 0.3 is 0 Å². The molecule has 0 heterocycles. The molecule has 2 amide bonds. The highest BCUT2D eigenvalue weighted by Gasteiger charge is 2.46. The molecule has 1 saturated carbocycles. The van der Waals surface area contributed by atoms with Crippen molar-refractivity contribution in [3.8, 4) is 0 Å². The third-order valence-electron chi connectivity index (χ3n) is 3.99. The molecule has 0 aromatic heterocycles. The van der Waals surface area contributed by atoms with E-state index in [4.69, 9.17) is 23.2 Å². The minimum absolute atomic E-state index is 0.0373. The van der Waals surface area contributed by atoms with Crippen LogP contribution in [-0.2, 0) is 9.59 Å². The lowest BCUT2D eigenvalue weighted by molar-refractivity contribution is -0.119. The lowest BCUT2D eigenvalue weighted by Crippen LogP contribution is -2.47. The molecule has 1 aliphatic carbocycles. The maximum absolute atomic E-state index is 11.5. The molecule has 110 valence electrons. The Morgan fingerprint density at radius 2 is 1.79 bits per heavy atom. The largest absolute Gasteiger partial charge is 0.355 e. The molecule has 0 aromatic rings. The lowest BCUT2D eigenvalue weighted by Gasteiger charge is -2.31. The Balaban J connectivity index is 2.74. The van der Waals surface area contributed by atoms with Gasteiger partial charge in [-0.2, -0.15) is 0 Å². The van der Waals surface area contributed by atoms with E-state index in [0.29, 0.717) is 12.5 Å². The Bertz CT molecular complexity index is 348. The minimum Gasteiger partial charge on any atom is -0.355 e. The Hall–Kier alpha value is -0.480. The summed E-state index contributed by atoms with van der Waals surface area (Å²) in [5.74, 6) is 0.123. The fourth-order valence-corrected chi connectivity index (χ4v) is 3.30. The van der Waals surface area contributed by atoms with Gasteiger partial charge in [-0.15, -0.1) is 23.2 Å². The highest BCUT2D eigenvalue weighted by Crippen LogP contribution is 2.45. The number of rotatable bonds is 5. The van der Waals surface area contributed by atoms with Crippen LogP contribution in [0, 0.1) is 17.3 Å². The van der Waals surface area contributed by atoms with Crippen molar-refractivity contribution in [2.75, 3.05) is 18.3 Å². The molecule has 2 N–H and O–H groups in total. The average Bonchev–Trinajstić information content (AvgIpc) is 2.56. The van der Waals surface area contributed by atoms with Gasteiger partial charge in [-0.1, -0.05) is 20.8 Å². The van der Waals surface area contributed by atoms with Crippen LogP contribution in [0.2, 0.25) is 0 Å². The fourth-order valence-electron chi connectivity index (χ4n) is 3.13. The van der Waals surface area contributed by atoms with Crippen LogP contribution >= 0.6 is 23.2 Å². The Kier molecular flexibility index (Phi) is 5.93. The van der Waals surface area contributed by atoms with Crippen molar-refractivity contribution in [2.24, 2.45) is 17.3 Å². The number of carbonyl (C=O) groups excluding carboxylic acids is 2. The van der Waals surface area contributed by atoms with E-state index < -0.39 is 0 Å². The zero-order chi connectivity index (χ0) is 14.6. The van der Waals surface area contributed by atoms with E-state index in [2.05, 4.69) is 31.4 Å². The molecule has 0 unspecified atom stereocenters. The summed E-state index contributed by atoms with van der Waals surface area (Å²) in [6, 6.07) is 0.0388. The lowest BCUT2D eigenvalue weighted by atomic mass is 9.80. The quantitative estimate of drug-likeness (QED) is 0.760. The number of hydrogen-bond acceptors (Lipinski definition) is 2. The first-order chi connectivity index (χ1) is 8.81. The first-order valence-corrected chi connectivity index (χ1v) is 7.56. The van der Waals surface area contributed by atoms with Crippen molar-refractivity contribution >= 4 is 35.0 Å². The summed E-state index contributed by atoms with van der Waals surface area (Å²) in [6.45, 7) is 6.96. The molecular weight excluding hydrogens is 287 g/mol. The molecule has 0 bridgehead atoms. The molecule has 6 heteroatoms. The average molecular weight is 309 g/mol. The second kappa shape index (κ2) is 6.80. The van der Waals surface area contributed by atoms with E-state index in [1.54, 1.807) is 0 Å². The highest BCUT2D eigenvalue weighted by atomic mass is 35.5. The van der Waals surface area contributed by atoms with Gasteiger partial charge in [-0.3, -0.25) is 9.59 Å². The van der Waals surface area contributed by atoms with Crippen LogP contribution in [0.5, 0.6) is 0 Å². The molecule has 0 spiro atoms. The zero-order valence-corrected chi connectivity index (χ0v) is 13.1. The first-order valence-electron chi connectivity index (χ1n) is 6.49. The Morgan fingerprint density at radius 3 is 2.32 bits per heavy atom. The second-order valence-corrected chi connectivity index (χ2v) is 6.48. The summed E-state index contributed by atoms with van der Waals surface area (Å²) in [5.41, 5.74) is 0.0588. The normalized spacial score (nSPS) is 29.0. The summed E-state index contributed by atoms with van der Waals surface area (Å²) in [4.78, 5) is 22.8. The molecule has 0 radical (unpaired) electrons. The third kappa shape index (κ3) is 4.25.